The Labute approximate surface area is 108 Å². The standard InChI is InChI=1S/C12H11N3S2/c1-9-7-16-12(13-9)17-8-10-6-15-5-3-2-4-11(15)14-10/h2-7H,8H2,1H3. The SMILES string of the molecule is Cc1csc(SCc2cn3ccccc3n2)n1. The lowest BCUT2D eigenvalue weighted by Gasteiger charge is -1.91. The largest absolute Gasteiger partial charge is 0.307 e. The van der Waals surface area contributed by atoms with E-state index in [1.807, 2.05) is 35.7 Å². The molecule has 0 aliphatic rings. The average molecular weight is 261 g/mol. The first-order valence-electron chi connectivity index (χ1n) is 5.29. The lowest BCUT2D eigenvalue weighted by molar-refractivity contribution is 1.15. The second kappa shape index (κ2) is 4.50. The zero-order chi connectivity index (χ0) is 11.7. The molecule has 3 nitrogen and oxygen atoms in total. The third-order valence-electron chi connectivity index (χ3n) is 2.36. The Kier molecular flexibility index (Phi) is 2.86. The van der Waals surface area contributed by atoms with Crippen LogP contribution in [0.15, 0.2) is 40.3 Å². The molecule has 3 rings (SSSR count). The molecule has 0 aromatic carbocycles. The van der Waals surface area contributed by atoms with Gasteiger partial charge in [-0.05, 0) is 19.1 Å². The van der Waals surface area contributed by atoms with Crippen molar-refractivity contribution in [1.82, 2.24) is 14.4 Å². The second-order valence-electron chi connectivity index (χ2n) is 3.74. The van der Waals surface area contributed by atoms with Crippen LogP contribution in [0.1, 0.15) is 11.4 Å². The van der Waals surface area contributed by atoms with Crippen LogP contribution in [-0.2, 0) is 5.75 Å². The van der Waals surface area contributed by atoms with E-state index < -0.39 is 0 Å². The molecule has 0 aliphatic carbocycles. The van der Waals surface area contributed by atoms with Gasteiger partial charge in [-0.3, -0.25) is 0 Å². The number of hydrogen-bond donors (Lipinski definition) is 0. The minimum atomic E-state index is 0.870. The van der Waals surface area contributed by atoms with E-state index in [1.54, 1.807) is 23.1 Å². The molecule has 0 aliphatic heterocycles. The van der Waals surface area contributed by atoms with Gasteiger partial charge in [0.15, 0.2) is 0 Å². The topological polar surface area (TPSA) is 30.2 Å². The van der Waals surface area contributed by atoms with Gasteiger partial charge in [0.05, 0.1) is 5.69 Å². The summed E-state index contributed by atoms with van der Waals surface area (Å²) >= 11 is 3.43. The molecular formula is C12H11N3S2. The van der Waals surface area contributed by atoms with Crippen LogP contribution in [0, 0.1) is 6.92 Å². The number of aryl methyl sites for hydroxylation is 1. The normalized spacial score (nSPS) is 11.1. The maximum absolute atomic E-state index is 4.55. The van der Waals surface area contributed by atoms with E-state index in [4.69, 9.17) is 0 Å². The lowest BCUT2D eigenvalue weighted by Crippen LogP contribution is -1.79. The fourth-order valence-electron chi connectivity index (χ4n) is 1.59. The summed E-state index contributed by atoms with van der Waals surface area (Å²) in [5.41, 5.74) is 3.18. The van der Waals surface area contributed by atoms with E-state index in [0.717, 1.165) is 27.1 Å². The summed E-state index contributed by atoms with van der Waals surface area (Å²) in [5, 5.41) is 2.08. The molecule has 3 aromatic rings. The van der Waals surface area contributed by atoms with Gasteiger partial charge in [-0.1, -0.05) is 17.8 Å². The molecule has 0 fully saturated rings. The smallest absolute Gasteiger partial charge is 0.150 e. The number of fused-ring (bicyclic) bond motifs is 1. The first kappa shape index (κ1) is 10.8. The van der Waals surface area contributed by atoms with Gasteiger partial charge in [-0.25, -0.2) is 9.97 Å². The molecule has 5 heteroatoms. The fourth-order valence-corrected chi connectivity index (χ4v) is 3.32. The number of imidazole rings is 1. The maximum Gasteiger partial charge on any atom is 0.150 e. The highest BCUT2D eigenvalue weighted by atomic mass is 32.2. The third kappa shape index (κ3) is 2.35. The summed E-state index contributed by atoms with van der Waals surface area (Å²) in [6.45, 7) is 2.02. The van der Waals surface area contributed by atoms with Crippen LogP contribution in [0.2, 0.25) is 0 Å². The molecule has 0 bridgehead atoms. The van der Waals surface area contributed by atoms with Crippen LogP contribution >= 0.6 is 23.1 Å². The molecule has 0 saturated carbocycles. The summed E-state index contributed by atoms with van der Waals surface area (Å²) in [6, 6.07) is 6.03. The Hall–Kier alpha value is -1.33. The Bertz CT molecular complexity index is 609. The first-order chi connectivity index (χ1) is 8.31. The Morgan fingerprint density at radius 3 is 3.06 bits per heavy atom. The van der Waals surface area contributed by atoms with Crippen molar-refractivity contribution < 1.29 is 0 Å². The lowest BCUT2D eigenvalue weighted by atomic mass is 10.5. The van der Waals surface area contributed by atoms with Gasteiger partial charge in [-0.2, -0.15) is 0 Å². The van der Waals surface area contributed by atoms with E-state index >= 15 is 0 Å². The van der Waals surface area contributed by atoms with Crippen LogP contribution in [0.3, 0.4) is 0 Å². The van der Waals surface area contributed by atoms with Crippen LogP contribution in [0.25, 0.3) is 5.65 Å². The molecule has 0 saturated heterocycles. The molecule has 0 radical (unpaired) electrons. The van der Waals surface area contributed by atoms with Gasteiger partial charge in [0.2, 0.25) is 0 Å². The fraction of sp³-hybridized carbons (Fsp3) is 0.167. The van der Waals surface area contributed by atoms with Gasteiger partial charge in [0, 0.05) is 29.2 Å². The zero-order valence-electron chi connectivity index (χ0n) is 9.33. The Balaban J connectivity index is 1.76. The highest BCUT2D eigenvalue weighted by Crippen LogP contribution is 2.25. The number of thiazole rings is 1. The predicted octanol–water partition coefficient (Wildman–Crippen LogP) is 3.39. The average Bonchev–Trinajstić information content (AvgIpc) is 2.91. The van der Waals surface area contributed by atoms with Crippen LogP contribution in [-0.4, -0.2) is 14.4 Å². The van der Waals surface area contributed by atoms with Gasteiger partial charge in [0.1, 0.15) is 9.99 Å². The summed E-state index contributed by atoms with van der Waals surface area (Å²) in [4.78, 5) is 8.98. The van der Waals surface area contributed by atoms with Gasteiger partial charge < -0.3 is 4.40 Å². The van der Waals surface area contributed by atoms with E-state index in [0.29, 0.717) is 0 Å². The van der Waals surface area contributed by atoms with Gasteiger partial charge >= 0.3 is 0 Å². The molecule has 0 N–H and O–H groups in total. The van der Waals surface area contributed by atoms with Gasteiger partial charge in [0.25, 0.3) is 0 Å². The Morgan fingerprint density at radius 2 is 2.29 bits per heavy atom. The van der Waals surface area contributed by atoms with Crippen molar-refractivity contribution in [3.05, 3.63) is 47.4 Å². The first-order valence-corrected chi connectivity index (χ1v) is 7.15. The molecule has 86 valence electrons. The number of hydrogen-bond acceptors (Lipinski definition) is 4. The minimum absolute atomic E-state index is 0.870. The van der Waals surface area contributed by atoms with Crippen LogP contribution in [0.4, 0.5) is 0 Å². The maximum atomic E-state index is 4.55. The molecule has 0 spiro atoms. The molecule has 0 atom stereocenters. The van der Waals surface area contributed by atoms with E-state index in [9.17, 15) is 0 Å². The van der Waals surface area contributed by atoms with E-state index in [-0.39, 0.29) is 0 Å². The monoisotopic (exact) mass is 261 g/mol. The predicted molar refractivity (Wildman–Crippen MR) is 71.6 cm³/mol. The molecule has 0 amide bonds. The quantitative estimate of drug-likeness (QED) is 0.677. The van der Waals surface area contributed by atoms with E-state index in [1.165, 1.54) is 0 Å². The van der Waals surface area contributed by atoms with Crippen LogP contribution < -0.4 is 0 Å². The summed E-state index contributed by atoms with van der Waals surface area (Å²) in [7, 11) is 0. The summed E-state index contributed by atoms with van der Waals surface area (Å²) < 4.78 is 3.16. The third-order valence-corrected chi connectivity index (χ3v) is 4.53. The van der Waals surface area contributed by atoms with Crippen LogP contribution in [0.5, 0.6) is 0 Å². The van der Waals surface area contributed by atoms with Crippen molar-refractivity contribution in [2.24, 2.45) is 0 Å². The molecule has 3 heterocycles. The van der Waals surface area contributed by atoms with E-state index in [2.05, 4.69) is 21.5 Å². The molecule has 0 unspecified atom stereocenters. The molecule has 17 heavy (non-hydrogen) atoms. The van der Waals surface area contributed by atoms with Crippen molar-refractivity contribution in [2.45, 2.75) is 17.0 Å². The molecular weight excluding hydrogens is 250 g/mol. The number of rotatable bonds is 3. The number of thioether (sulfide) groups is 1. The Morgan fingerprint density at radius 1 is 1.35 bits per heavy atom. The molecule has 3 aromatic heterocycles. The van der Waals surface area contributed by atoms with Crippen molar-refractivity contribution in [3.63, 3.8) is 0 Å². The highest BCUT2D eigenvalue weighted by Gasteiger charge is 2.04. The number of nitrogens with zero attached hydrogens (tertiary/aromatic N) is 3. The van der Waals surface area contributed by atoms with Crippen molar-refractivity contribution in [1.29, 1.82) is 0 Å². The van der Waals surface area contributed by atoms with Gasteiger partial charge in [-0.15, -0.1) is 11.3 Å². The minimum Gasteiger partial charge on any atom is -0.307 e. The highest BCUT2D eigenvalue weighted by molar-refractivity contribution is 8.00. The number of aromatic nitrogens is 3. The zero-order valence-corrected chi connectivity index (χ0v) is 11.0. The van der Waals surface area contributed by atoms with Crippen molar-refractivity contribution in [3.8, 4) is 0 Å². The summed E-state index contributed by atoms with van der Waals surface area (Å²) in [5.74, 6) is 0.870. The van der Waals surface area contributed by atoms with Crippen molar-refractivity contribution >= 4 is 28.7 Å². The summed E-state index contributed by atoms with van der Waals surface area (Å²) in [6.07, 6.45) is 4.09. The number of pyridine rings is 1. The van der Waals surface area contributed by atoms with Crippen molar-refractivity contribution in [2.75, 3.05) is 0 Å². The second-order valence-corrected chi connectivity index (χ2v) is 5.82.